The van der Waals surface area contributed by atoms with Gasteiger partial charge < -0.3 is 13.7 Å². The van der Waals surface area contributed by atoms with Gasteiger partial charge in [0.15, 0.2) is 8.32 Å². The van der Waals surface area contributed by atoms with Crippen LogP contribution in [-0.4, -0.2) is 32.6 Å². The molecule has 3 nitrogen and oxygen atoms in total. The topological polar surface area (TPSA) is 27.7 Å². The van der Waals surface area contributed by atoms with E-state index in [0.29, 0.717) is 0 Å². The zero-order chi connectivity index (χ0) is 21.1. The Balaban J connectivity index is 1.75. The molecule has 0 aliphatic carbocycles. The first-order chi connectivity index (χ1) is 13.6. The molecule has 0 N–H and O–H groups in total. The minimum atomic E-state index is -1.97. The molecule has 0 unspecified atom stereocenters. The maximum atomic E-state index is 6.82. The maximum absolute atomic E-state index is 6.82. The molecular weight excluding hydrogens is 375 g/mol. The van der Waals surface area contributed by atoms with Crippen molar-refractivity contribution in [1.82, 2.24) is 0 Å². The van der Waals surface area contributed by atoms with Crippen molar-refractivity contribution in [2.75, 3.05) is 0 Å². The molecule has 0 aromatic heterocycles. The van der Waals surface area contributed by atoms with E-state index in [1.165, 1.54) is 11.1 Å². The molecule has 1 heterocycles. The molecule has 1 saturated heterocycles. The van der Waals surface area contributed by atoms with Crippen molar-refractivity contribution in [3.63, 3.8) is 0 Å². The molecule has 0 radical (unpaired) electrons. The number of hydrogen-bond acceptors (Lipinski definition) is 3. The van der Waals surface area contributed by atoms with E-state index >= 15 is 0 Å². The molecule has 5 heteroatoms. The van der Waals surface area contributed by atoms with Crippen molar-refractivity contribution < 1.29 is 13.7 Å². The molecule has 0 bridgehead atoms. The molecule has 3 rings (SSSR count). The van der Waals surface area contributed by atoms with Gasteiger partial charge in [-0.15, -0.1) is 0 Å². The summed E-state index contributed by atoms with van der Waals surface area (Å²) in [7, 11) is -2.31. The Labute approximate surface area is 178 Å². The van der Waals surface area contributed by atoms with Gasteiger partial charge in [0.25, 0.3) is 0 Å². The summed E-state index contributed by atoms with van der Waals surface area (Å²) in [6, 6.07) is 22.1. The molecule has 1 aliphatic rings. The van der Waals surface area contributed by atoms with Crippen LogP contribution in [0.4, 0.5) is 0 Å². The maximum Gasteiger partial charge on any atom is 0.487 e. The lowest BCUT2D eigenvalue weighted by molar-refractivity contribution is 0.00578. The first-order valence-electron chi connectivity index (χ1n) is 10.7. The van der Waals surface area contributed by atoms with Crippen molar-refractivity contribution in [3.05, 3.63) is 71.8 Å². The van der Waals surface area contributed by atoms with Crippen LogP contribution >= 0.6 is 0 Å². The van der Waals surface area contributed by atoms with Crippen LogP contribution in [0.3, 0.4) is 0 Å². The van der Waals surface area contributed by atoms with E-state index < -0.39 is 8.32 Å². The molecule has 29 heavy (non-hydrogen) atoms. The monoisotopic (exact) mass is 410 g/mol. The van der Waals surface area contributed by atoms with Crippen LogP contribution in [0, 0.1) is 0 Å². The smallest absolute Gasteiger partial charge is 0.416 e. The highest BCUT2D eigenvalue weighted by molar-refractivity contribution is 6.71. The fraction of sp³-hybridized carbons (Fsp3) is 0.500. The van der Waals surface area contributed by atoms with Gasteiger partial charge in [-0.25, -0.2) is 0 Å². The Morgan fingerprint density at radius 2 is 1.31 bits per heavy atom. The predicted octanol–water partition coefficient (Wildman–Crippen LogP) is 5.62. The molecule has 2 aromatic carbocycles. The number of benzene rings is 2. The van der Waals surface area contributed by atoms with Gasteiger partial charge in [-0.1, -0.05) is 60.7 Å². The Kier molecular flexibility index (Phi) is 6.74. The fourth-order valence-corrected chi connectivity index (χ4v) is 6.13. The van der Waals surface area contributed by atoms with Gasteiger partial charge in [0.1, 0.15) is 0 Å². The average Bonchev–Trinajstić information content (AvgIpc) is 2.87. The van der Waals surface area contributed by atoms with Crippen LogP contribution in [0.25, 0.3) is 0 Å². The van der Waals surface area contributed by atoms with Crippen LogP contribution in [0.15, 0.2) is 60.7 Å². The van der Waals surface area contributed by atoms with Gasteiger partial charge in [0.05, 0.1) is 17.2 Å². The number of aryl methyl sites for hydroxylation is 1. The second kappa shape index (κ2) is 8.76. The van der Waals surface area contributed by atoms with E-state index in [2.05, 4.69) is 101 Å². The molecule has 0 saturated carbocycles. The fourth-order valence-electron chi connectivity index (χ4n) is 3.78. The van der Waals surface area contributed by atoms with E-state index in [9.17, 15) is 0 Å². The molecule has 2 aromatic rings. The normalized spacial score (nSPS) is 19.3. The molecule has 0 spiro atoms. The summed E-state index contributed by atoms with van der Waals surface area (Å²) in [6.45, 7) is 13.0. The molecule has 156 valence electrons. The first-order valence-corrected chi connectivity index (χ1v) is 13.8. The van der Waals surface area contributed by atoms with E-state index in [4.69, 9.17) is 13.7 Å². The van der Waals surface area contributed by atoms with Crippen LogP contribution in [-0.2, 0) is 26.2 Å². The Hall–Kier alpha value is -1.40. The first kappa shape index (κ1) is 22.3. The van der Waals surface area contributed by atoms with Crippen molar-refractivity contribution in [1.29, 1.82) is 0 Å². The average molecular weight is 410 g/mol. The molecule has 0 amide bonds. The van der Waals surface area contributed by atoms with Crippen LogP contribution in [0.5, 0.6) is 0 Å². The van der Waals surface area contributed by atoms with Gasteiger partial charge >= 0.3 is 7.12 Å². The van der Waals surface area contributed by atoms with Crippen LogP contribution < -0.4 is 0 Å². The zero-order valence-corrected chi connectivity index (χ0v) is 19.8. The van der Waals surface area contributed by atoms with E-state index in [0.717, 1.165) is 18.9 Å². The third kappa shape index (κ3) is 5.82. The largest absolute Gasteiger partial charge is 0.487 e. The highest BCUT2D eigenvalue weighted by atomic mass is 28.4. The van der Waals surface area contributed by atoms with Gasteiger partial charge in [-0.05, 0) is 70.8 Å². The molecule has 1 aliphatic heterocycles. The number of hydrogen-bond donors (Lipinski definition) is 0. The highest BCUT2D eigenvalue weighted by Gasteiger charge is 2.54. The predicted molar refractivity (Wildman–Crippen MR) is 123 cm³/mol. The Bertz CT molecular complexity index is 761. The number of rotatable bonds is 8. The van der Waals surface area contributed by atoms with Crippen molar-refractivity contribution in [2.45, 2.75) is 76.9 Å². The van der Waals surface area contributed by atoms with Gasteiger partial charge in [0, 0.05) is 0 Å². The molecular formula is C24H35BO3Si. The summed E-state index contributed by atoms with van der Waals surface area (Å²) in [5, 5.41) is 0. The molecule has 1 fully saturated rings. The quantitative estimate of drug-likeness (QED) is 0.529. The lowest BCUT2D eigenvalue weighted by atomic mass is 9.78. The lowest BCUT2D eigenvalue weighted by Gasteiger charge is -2.32. The second-order valence-corrected chi connectivity index (χ2v) is 13.8. The minimum Gasteiger partial charge on any atom is -0.416 e. The summed E-state index contributed by atoms with van der Waals surface area (Å²) < 4.78 is 19.6. The molecule has 1 atom stereocenters. The lowest BCUT2D eigenvalue weighted by Crippen LogP contribution is -2.46. The van der Waals surface area contributed by atoms with E-state index in [1.54, 1.807) is 0 Å². The summed E-state index contributed by atoms with van der Waals surface area (Å²) in [5.74, 6) is 0. The van der Waals surface area contributed by atoms with Gasteiger partial charge in [0.2, 0.25) is 0 Å². The summed E-state index contributed by atoms with van der Waals surface area (Å²) in [6.07, 6.45) is 1.83. The van der Waals surface area contributed by atoms with Gasteiger partial charge in [-0.2, -0.15) is 0 Å². The third-order valence-corrected chi connectivity index (χ3v) is 8.28. The van der Waals surface area contributed by atoms with E-state index in [-0.39, 0.29) is 24.3 Å². The van der Waals surface area contributed by atoms with Crippen molar-refractivity contribution in [2.24, 2.45) is 0 Å². The van der Waals surface area contributed by atoms with Crippen LogP contribution in [0.1, 0.15) is 45.2 Å². The summed E-state index contributed by atoms with van der Waals surface area (Å²) >= 11 is 0. The summed E-state index contributed by atoms with van der Waals surface area (Å²) in [4.78, 5) is 0. The van der Waals surface area contributed by atoms with E-state index in [1.807, 2.05) is 0 Å². The highest BCUT2D eigenvalue weighted by Crippen LogP contribution is 2.39. The Morgan fingerprint density at radius 1 is 0.828 bits per heavy atom. The SMILES string of the molecule is CC1(C)OB([C@@H](CCc2ccccc2)O[Si](C)(C)Cc2ccccc2)OC1(C)C. The second-order valence-electron chi connectivity index (χ2n) is 9.73. The van der Waals surface area contributed by atoms with Gasteiger partial charge in [-0.3, -0.25) is 0 Å². The standard InChI is InChI=1S/C24H35BO3Si/c1-23(2)24(3,4)28-25(27-23)22(18-17-20-13-9-7-10-14-20)26-29(5,6)19-21-15-11-8-12-16-21/h7-16,22H,17-19H2,1-6H3/t22-/m1/s1. The Morgan fingerprint density at radius 3 is 1.83 bits per heavy atom. The summed E-state index contributed by atoms with van der Waals surface area (Å²) in [5.41, 5.74) is 1.95. The van der Waals surface area contributed by atoms with Crippen molar-refractivity contribution >= 4 is 15.4 Å². The van der Waals surface area contributed by atoms with Crippen molar-refractivity contribution in [3.8, 4) is 0 Å². The third-order valence-electron chi connectivity index (χ3n) is 6.08. The van der Waals surface area contributed by atoms with Crippen LogP contribution in [0.2, 0.25) is 13.1 Å². The zero-order valence-electron chi connectivity index (χ0n) is 18.8. The minimum absolute atomic E-state index is 0.0818.